The standard InChI is InChI=1S/C22H41NO/c1-21(2,3)20(24)19(23-22(4,5)6)14-12-16-11-13-17-9-7-8-10-18(17)15-16/h16-19,23H,7-15H2,1-6H3. The lowest BCUT2D eigenvalue weighted by molar-refractivity contribution is -0.129. The molecule has 0 aromatic rings. The van der Waals surface area contributed by atoms with Gasteiger partial charge in [-0.2, -0.15) is 0 Å². The molecule has 2 rings (SSSR count). The Hall–Kier alpha value is -0.370. The van der Waals surface area contributed by atoms with Gasteiger partial charge in [-0.05, 0) is 64.2 Å². The van der Waals surface area contributed by atoms with Gasteiger partial charge in [0.05, 0.1) is 6.04 Å². The zero-order chi connectivity index (χ0) is 18.0. The lowest BCUT2D eigenvalue weighted by Gasteiger charge is -2.40. The number of fused-ring (bicyclic) bond motifs is 1. The smallest absolute Gasteiger partial charge is 0.155 e. The van der Waals surface area contributed by atoms with E-state index in [-0.39, 0.29) is 17.0 Å². The molecule has 2 nitrogen and oxygen atoms in total. The van der Waals surface area contributed by atoms with Crippen LogP contribution in [-0.4, -0.2) is 17.4 Å². The van der Waals surface area contributed by atoms with Crippen molar-refractivity contribution in [2.24, 2.45) is 23.2 Å². The molecule has 2 aliphatic carbocycles. The van der Waals surface area contributed by atoms with E-state index in [0.717, 1.165) is 24.2 Å². The highest BCUT2D eigenvalue weighted by Crippen LogP contribution is 2.44. The molecule has 2 aliphatic rings. The summed E-state index contributed by atoms with van der Waals surface area (Å²) in [6, 6.07) is 0.00841. The van der Waals surface area contributed by atoms with Gasteiger partial charge in [0.25, 0.3) is 0 Å². The molecular formula is C22H41NO. The van der Waals surface area contributed by atoms with Crippen molar-refractivity contribution in [1.29, 1.82) is 0 Å². The maximum atomic E-state index is 12.9. The van der Waals surface area contributed by atoms with Crippen LogP contribution >= 0.6 is 0 Å². The topological polar surface area (TPSA) is 29.1 Å². The van der Waals surface area contributed by atoms with Crippen molar-refractivity contribution in [3.63, 3.8) is 0 Å². The summed E-state index contributed by atoms with van der Waals surface area (Å²) in [5.74, 6) is 3.24. The van der Waals surface area contributed by atoms with Crippen LogP contribution in [0, 0.1) is 23.2 Å². The van der Waals surface area contributed by atoms with Gasteiger partial charge in [-0.25, -0.2) is 0 Å². The van der Waals surface area contributed by atoms with Gasteiger partial charge < -0.3 is 5.32 Å². The number of hydrogen-bond donors (Lipinski definition) is 1. The van der Waals surface area contributed by atoms with Crippen LogP contribution in [0.3, 0.4) is 0 Å². The summed E-state index contributed by atoms with van der Waals surface area (Å²) in [7, 11) is 0. The second-order valence-electron chi connectivity index (χ2n) is 10.6. The van der Waals surface area contributed by atoms with E-state index in [4.69, 9.17) is 0 Å². The van der Waals surface area contributed by atoms with Gasteiger partial charge in [0.2, 0.25) is 0 Å². The van der Waals surface area contributed by atoms with Crippen molar-refractivity contribution >= 4 is 5.78 Å². The molecule has 0 spiro atoms. The van der Waals surface area contributed by atoms with Crippen molar-refractivity contribution in [3.05, 3.63) is 0 Å². The Bertz CT molecular complexity index is 415. The fraction of sp³-hybridized carbons (Fsp3) is 0.955. The van der Waals surface area contributed by atoms with Crippen LogP contribution in [0.15, 0.2) is 0 Å². The molecule has 2 fully saturated rings. The van der Waals surface area contributed by atoms with E-state index in [0.29, 0.717) is 5.78 Å². The average Bonchev–Trinajstić information content (AvgIpc) is 2.48. The minimum Gasteiger partial charge on any atom is -0.303 e. The molecule has 0 saturated heterocycles. The Labute approximate surface area is 150 Å². The van der Waals surface area contributed by atoms with Crippen molar-refractivity contribution in [2.75, 3.05) is 0 Å². The van der Waals surface area contributed by atoms with Crippen molar-refractivity contribution in [2.45, 2.75) is 111 Å². The summed E-state index contributed by atoms with van der Waals surface area (Å²) in [6.07, 6.45) is 12.4. The molecule has 140 valence electrons. The second kappa shape index (κ2) is 7.89. The van der Waals surface area contributed by atoms with Gasteiger partial charge in [0.1, 0.15) is 0 Å². The number of nitrogens with one attached hydrogen (secondary N) is 1. The normalized spacial score (nSPS) is 29.8. The summed E-state index contributed by atoms with van der Waals surface area (Å²) in [4.78, 5) is 12.9. The monoisotopic (exact) mass is 335 g/mol. The lowest BCUT2D eigenvalue weighted by Crippen LogP contribution is -2.51. The maximum Gasteiger partial charge on any atom is 0.155 e. The summed E-state index contributed by atoms with van der Waals surface area (Å²) >= 11 is 0. The van der Waals surface area contributed by atoms with Crippen LogP contribution in [0.25, 0.3) is 0 Å². The first-order valence-electron chi connectivity index (χ1n) is 10.4. The molecular weight excluding hydrogens is 294 g/mol. The molecule has 0 aromatic heterocycles. The Kier molecular flexibility index (Phi) is 6.56. The molecule has 0 radical (unpaired) electrons. The van der Waals surface area contributed by atoms with Gasteiger partial charge in [0, 0.05) is 11.0 Å². The van der Waals surface area contributed by atoms with Crippen LogP contribution in [-0.2, 0) is 4.79 Å². The van der Waals surface area contributed by atoms with E-state index in [9.17, 15) is 4.79 Å². The quantitative estimate of drug-likeness (QED) is 0.693. The van der Waals surface area contributed by atoms with Crippen LogP contribution in [0.2, 0.25) is 0 Å². The van der Waals surface area contributed by atoms with E-state index in [2.05, 4.69) is 46.9 Å². The number of rotatable bonds is 5. The zero-order valence-electron chi connectivity index (χ0n) is 17.1. The SMILES string of the molecule is CC(C)(C)NC(CCC1CCC2CCCCC2C1)C(=O)C(C)(C)C. The molecule has 0 bridgehead atoms. The molecule has 4 unspecified atom stereocenters. The van der Waals surface area contributed by atoms with E-state index < -0.39 is 0 Å². The summed E-state index contributed by atoms with van der Waals surface area (Å²) in [5.41, 5.74) is -0.267. The zero-order valence-corrected chi connectivity index (χ0v) is 17.1. The first-order chi connectivity index (χ1) is 11.1. The van der Waals surface area contributed by atoms with Crippen LogP contribution in [0.5, 0.6) is 0 Å². The Morgan fingerprint density at radius 3 is 2.17 bits per heavy atom. The molecule has 0 amide bonds. The second-order valence-corrected chi connectivity index (χ2v) is 10.6. The Balaban J connectivity index is 1.91. The van der Waals surface area contributed by atoms with E-state index in [1.165, 1.54) is 51.4 Å². The molecule has 2 heteroatoms. The molecule has 24 heavy (non-hydrogen) atoms. The molecule has 0 aromatic carbocycles. The summed E-state index contributed by atoms with van der Waals surface area (Å²) in [6.45, 7) is 12.7. The van der Waals surface area contributed by atoms with Crippen molar-refractivity contribution < 1.29 is 4.79 Å². The predicted molar refractivity (Wildman–Crippen MR) is 103 cm³/mol. The maximum absolute atomic E-state index is 12.9. The molecule has 0 heterocycles. The minimum absolute atomic E-state index is 0.00733. The Morgan fingerprint density at radius 2 is 1.58 bits per heavy atom. The van der Waals surface area contributed by atoms with Gasteiger partial charge >= 0.3 is 0 Å². The van der Waals surface area contributed by atoms with E-state index in [1.54, 1.807) is 0 Å². The van der Waals surface area contributed by atoms with Crippen LogP contribution in [0.1, 0.15) is 99.3 Å². The number of ketones is 1. The molecule has 0 aliphatic heterocycles. The molecule has 4 atom stereocenters. The average molecular weight is 336 g/mol. The summed E-state index contributed by atoms with van der Waals surface area (Å²) < 4.78 is 0. The van der Waals surface area contributed by atoms with Crippen molar-refractivity contribution in [1.82, 2.24) is 5.32 Å². The van der Waals surface area contributed by atoms with Crippen LogP contribution < -0.4 is 5.32 Å². The Morgan fingerprint density at radius 1 is 0.958 bits per heavy atom. The summed E-state index contributed by atoms with van der Waals surface area (Å²) in [5, 5.41) is 3.61. The van der Waals surface area contributed by atoms with Gasteiger partial charge in [0.15, 0.2) is 5.78 Å². The first-order valence-corrected chi connectivity index (χ1v) is 10.4. The minimum atomic E-state index is -0.260. The fourth-order valence-electron chi connectivity index (χ4n) is 4.95. The van der Waals surface area contributed by atoms with Crippen LogP contribution in [0.4, 0.5) is 0 Å². The highest BCUT2D eigenvalue weighted by molar-refractivity contribution is 5.88. The molecule has 1 N–H and O–H groups in total. The fourth-order valence-corrected chi connectivity index (χ4v) is 4.95. The third-order valence-electron chi connectivity index (χ3n) is 6.17. The number of hydrogen-bond acceptors (Lipinski definition) is 2. The third-order valence-corrected chi connectivity index (χ3v) is 6.17. The molecule has 2 saturated carbocycles. The van der Waals surface area contributed by atoms with E-state index >= 15 is 0 Å². The lowest BCUT2D eigenvalue weighted by atomic mass is 9.66. The third kappa shape index (κ3) is 5.86. The highest BCUT2D eigenvalue weighted by atomic mass is 16.1. The largest absolute Gasteiger partial charge is 0.303 e. The number of carbonyl (C=O) groups excluding carboxylic acids is 1. The highest BCUT2D eigenvalue weighted by Gasteiger charge is 2.35. The van der Waals surface area contributed by atoms with Gasteiger partial charge in [-0.15, -0.1) is 0 Å². The number of carbonyl (C=O) groups is 1. The predicted octanol–water partition coefficient (Wildman–Crippen LogP) is 5.75. The van der Waals surface area contributed by atoms with Crippen molar-refractivity contribution in [3.8, 4) is 0 Å². The van der Waals surface area contributed by atoms with E-state index in [1.807, 2.05) is 0 Å². The van der Waals surface area contributed by atoms with Gasteiger partial charge in [-0.1, -0.05) is 52.9 Å². The first kappa shape index (κ1) is 19.9. The van der Waals surface area contributed by atoms with Gasteiger partial charge in [-0.3, -0.25) is 4.79 Å². The number of Topliss-reactive ketones (excluding diaryl/α,β-unsaturated/α-hetero) is 1.